The lowest BCUT2D eigenvalue weighted by Gasteiger charge is -2.36. The molecule has 0 spiro atoms. The van der Waals surface area contributed by atoms with Crippen molar-refractivity contribution in [3.8, 4) is 0 Å². The number of rotatable bonds is 4. The second-order valence-electron chi connectivity index (χ2n) is 4.64. The molecule has 0 aliphatic carbocycles. The molecule has 5 nitrogen and oxygen atoms in total. The molecule has 1 aromatic rings. The Balaban J connectivity index is 2.24. The fourth-order valence-electron chi connectivity index (χ4n) is 2.45. The van der Waals surface area contributed by atoms with Gasteiger partial charge in [0.2, 0.25) is 5.91 Å². The van der Waals surface area contributed by atoms with Gasteiger partial charge in [-0.15, -0.1) is 0 Å². The van der Waals surface area contributed by atoms with E-state index in [4.69, 9.17) is 9.84 Å². The highest BCUT2D eigenvalue weighted by Crippen LogP contribution is 2.34. The summed E-state index contributed by atoms with van der Waals surface area (Å²) in [5, 5.41) is 11.2. The first kappa shape index (κ1) is 13.5. The van der Waals surface area contributed by atoms with Gasteiger partial charge in [0.1, 0.15) is 6.54 Å². The number of aliphatic carboxylic acids is 1. The maximum atomic E-state index is 12.4. The summed E-state index contributed by atoms with van der Waals surface area (Å²) in [6, 6.07) is 9.48. The minimum atomic E-state index is -1.04. The molecule has 2 rings (SSSR count). The first-order valence-electron chi connectivity index (χ1n) is 6.28. The first-order valence-corrected chi connectivity index (χ1v) is 6.28. The van der Waals surface area contributed by atoms with Gasteiger partial charge in [-0.05, 0) is 18.4 Å². The fourth-order valence-corrected chi connectivity index (χ4v) is 2.45. The molecular weight excluding hydrogens is 246 g/mol. The molecule has 1 aliphatic heterocycles. The molecule has 19 heavy (non-hydrogen) atoms. The lowest BCUT2D eigenvalue weighted by Crippen LogP contribution is -2.49. The summed E-state index contributed by atoms with van der Waals surface area (Å²) in [6.07, 6.45) is 1.14. The number of hydrogen-bond donors (Lipinski definition) is 2. The van der Waals surface area contributed by atoms with Crippen LogP contribution >= 0.6 is 0 Å². The summed E-state index contributed by atoms with van der Waals surface area (Å²) in [5.41, 5.74) is 0.246. The molecule has 0 aromatic heterocycles. The van der Waals surface area contributed by atoms with Crippen LogP contribution in [0.3, 0.4) is 0 Å². The summed E-state index contributed by atoms with van der Waals surface area (Å²) >= 11 is 0. The van der Waals surface area contributed by atoms with Crippen LogP contribution in [0, 0.1) is 0 Å². The second-order valence-corrected chi connectivity index (χ2v) is 4.64. The van der Waals surface area contributed by atoms with E-state index in [-0.39, 0.29) is 12.5 Å². The highest BCUT2D eigenvalue weighted by molar-refractivity contribution is 5.90. The standard InChI is InChI=1S/C14H17NO4/c16-12(17)10-15-13(18)14(6-8-19-9-7-14)11-4-2-1-3-5-11/h1-5H,6-10H2,(H,15,18)(H,16,17). The van der Waals surface area contributed by atoms with E-state index in [0.29, 0.717) is 26.1 Å². The van der Waals surface area contributed by atoms with Gasteiger partial charge in [-0.3, -0.25) is 9.59 Å². The number of carbonyl (C=O) groups is 2. The smallest absolute Gasteiger partial charge is 0.322 e. The van der Waals surface area contributed by atoms with Crippen LogP contribution in [0.2, 0.25) is 0 Å². The monoisotopic (exact) mass is 263 g/mol. The molecule has 2 N–H and O–H groups in total. The third-order valence-corrected chi connectivity index (χ3v) is 3.51. The van der Waals surface area contributed by atoms with E-state index < -0.39 is 11.4 Å². The van der Waals surface area contributed by atoms with Gasteiger partial charge in [-0.2, -0.15) is 0 Å². The van der Waals surface area contributed by atoms with Gasteiger partial charge < -0.3 is 15.2 Å². The molecule has 1 fully saturated rings. The minimum Gasteiger partial charge on any atom is -0.480 e. The van der Waals surface area contributed by atoms with Gasteiger partial charge in [-0.25, -0.2) is 0 Å². The number of carbonyl (C=O) groups excluding carboxylic acids is 1. The van der Waals surface area contributed by atoms with Crippen molar-refractivity contribution >= 4 is 11.9 Å². The summed E-state index contributed by atoms with van der Waals surface area (Å²) in [4.78, 5) is 23.0. The zero-order valence-corrected chi connectivity index (χ0v) is 10.6. The summed E-state index contributed by atoms with van der Waals surface area (Å²) < 4.78 is 5.33. The predicted octanol–water partition coefficient (Wildman–Crippen LogP) is 0.936. The van der Waals surface area contributed by atoms with Gasteiger partial charge in [0, 0.05) is 13.2 Å². The molecular formula is C14H17NO4. The molecule has 0 atom stereocenters. The van der Waals surface area contributed by atoms with Crippen molar-refractivity contribution < 1.29 is 19.4 Å². The third kappa shape index (κ3) is 2.93. The minimum absolute atomic E-state index is 0.232. The summed E-state index contributed by atoms with van der Waals surface area (Å²) in [7, 11) is 0. The Morgan fingerprint density at radius 1 is 1.21 bits per heavy atom. The van der Waals surface area contributed by atoms with Gasteiger partial charge in [-0.1, -0.05) is 30.3 Å². The van der Waals surface area contributed by atoms with E-state index in [9.17, 15) is 9.59 Å². The van der Waals surface area contributed by atoms with Crippen molar-refractivity contribution in [2.24, 2.45) is 0 Å². The largest absolute Gasteiger partial charge is 0.480 e. The lowest BCUT2D eigenvalue weighted by atomic mass is 9.73. The van der Waals surface area contributed by atoms with Crippen LogP contribution < -0.4 is 5.32 Å². The fraction of sp³-hybridized carbons (Fsp3) is 0.429. The quantitative estimate of drug-likeness (QED) is 0.847. The summed E-state index contributed by atoms with van der Waals surface area (Å²) in [6.45, 7) is 0.666. The van der Waals surface area contributed by atoms with Crippen molar-refractivity contribution in [2.75, 3.05) is 19.8 Å². The number of ether oxygens (including phenoxy) is 1. The number of nitrogens with one attached hydrogen (secondary N) is 1. The maximum Gasteiger partial charge on any atom is 0.322 e. The molecule has 1 aromatic carbocycles. The van der Waals surface area contributed by atoms with Gasteiger partial charge in [0.15, 0.2) is 0 Å². The van der Waals surface area contributed by atoms with Crippen molar-refractivity contribution in [1.82, 2.24) is 5.32 Å². The Labute approximate surface area is 111 Å². The molecule has 0 radical (unpaired) electrons. The third-order valence-electron chi connectivity index (χ3n) is 3.51. The van der Waals surface area contributed by atoms with Crippen molar-refractivity contribution in [3.05, 3.63) is 35.9 Å². The van der Waals surface area contributed by atoms with E-state index in [1.54, 1.807) is 0 Å². The molecule has 102 valence electrons. The average Bonchev–Trinajstić information content (AvgIpc) is 2.46. The van der Waals surface area contributed by atoms with E-state index in [1.807, 2.05) is 30.3 Å². The van der Waals surface area contributed by atoms with E-state index in [2.05, 4.69) is 5.32 Å². The highest BCUT2D eigenvalue weighted by Gasteiger charge is 2.41. The number of hydrogen-bond acceptors (Lipinski definition) is 3. The van der Waals surface area contributed by atoms with Gasteiger partial charge in [0.25, 0.3) is 0 Å². The molecule has 0 saturated carbocycles. The van der Waals surface area contributed by atoms with E-state index >= 15 is 0 Å². The van der Waals surface area contributed by atoms with Crippen molar-refractivity contribution in [3.63, 3.8) is 0 Å². The number of benzene rings is 1. The van der Waals surface area contributed by atoms with E-state index in [1.165, 1.54) is 0 Å². The average molecular weight is 263 g/mol. The van der Waals surface area contributed by atoms with Crippen LogP contribution in [0.1, 0.15) is 18.4 Å². The number of amides is 1. The topological polar surface area (TPSA) is 75.6 Å². The lowest BCUT2D eigenvalue weighted by molar-refractivity contribution is -0.139. The SMILES string of the molecule is O=C(O)CNC(=O)C1(c2ccccc2)CCOCC1. The molecule has 1 aliphatic rings. The van der Waals surface area contributed by atoms with Crippen LogP contribution in [0.4, 0.5) is 0 Å². The molecule has 1 heterocycles. The molecule has 0 unspecified atom stereocenters. The maximum absolute atomic E-state index is 12.4. The summed E-state index contributed by atoms with van der Waals surface area (Å²) in [5.74, 6) is -1.27. The Hall–Kier alpha value is -1.88. The zero-order chi connectivity index (χ0) is 13.7. The Morgan fingerprint density at radius 3 is 2.42 bits per heavy atom. The molecule has 1 amide bonds. The van der Waals surface area contributed by atoms with Crippen molar-refractivity contribution in [1.29, 1.82) is 0 Å². The second kappa shape index (κ2) is 5.84. The predicted molar refractivity (Wildman–Crippen MR) is 68.8 cm³/mol. The molecule has 0 bridgehead atoms. The van der Waals surface area contributed by atoms with Gasteiger partial charge in [0.05, 0.1) is 5.41 Å². The Morgan fingerprint density at radius 2 is 1.84 bits per heavy atom. The van der Waals surface area contributed by atoms with Gasteiger partial charge >= 0.3 is 5.97 Å². The zero-order valence-electron chi connectivity index (χ0n) is 10.6. The number of carboxylic acids is 1. The van der Waals surface area contributed by atoms with Crippen LogP contribution in [0.15, 0.2) is 30.3 Å². The molecule has 1 saturated heterocycles. The normalized spacial score (nSPS) is 17.7. The van der Waals surface area contributed by atoms with Crippen molar-refractivity contribution in [2.45, 2.75) is 18.3 Å². The highest BCUT2D eigenvalue weighted by atomic mass is 16.5. The Bertz CT molecular complexity index is 452. The van der Waals surface area contributed by atoms with E-state index in [0.717, 1.165) is 5.56 Å². The molecule has 5 heteroatoms. The van der Waals surface area contributed by atoms with Crippen LogP contribution in [-0.4, -0.2) is 36.7 Å². The number of carboxylic acid groups (broad SMARTS) is 1. The van der Waals surface area contributed by atoms with Crippen LogP contribution in [0.5, 0.6) is 0 Å². The Kier molecular flexibility index (Phi) is 4.16. The van der Waals surface area contributed by atoms with Crippen LogP contribution in [-0.2, 0) is 19.7 Å². The first-order chi connectivity index (χ1) is 9.15. The van der Waals surface area contributed by atoms with Crippen LogP contribution in [0.25, 0.3) is 0 Å².